The second-order valence-electron chi connectivity index (χ2n) is 9.60. The molecule has 1 unspecified atom stereocenters. The Hall–Kier alpha value is -3.28. The molecule has 0 heterocycles. The highest BCUT2D eigenvalue weighted by Crippen LogP contribution is 2.25. The van der Waals surface area contributed by atoms with Crippen molar-refractivity contribution in [1.82, 2.24) is 5.32 Å². The number of hydrogen-bond donors (Lipinski definition) is 1. The van der Waals surface area contributed by atoms with Gasteiger partial charge in [0, 0.05) is 35.4 Å². The Kier molecular flexibility index (Phi) is 18.9. The third-order valence-corrected chi connectivity index (χ3v) is 5.55. The van der Waals surface area contributed by atoms with E-state index >= 15 is 0 Å². The molecule has 0 aromatic heterocycles. The van der Waals surface area contributed by atoms with E-state index in [1.807, 2.05) is 109 Å². The minimum atomic E-state index is -0.399. The van der Waals surface area contributed by atoms with Crippen LogP contribution in [0.5, 0.6) is 0 Å². The van der Waals surface area contributed by atoms with Gasteiger partial charge < -0.3 is 19.4 Å². The average molecular weight is 532 g/mol. The van der Waals surface area contributed by atoms with Gasteiger partial charge in [-0.25, -0.2) is 0 Å². The van der Waals surface area contributed by atoms with E-state index < -0.39 is 7.12 Å². The molecule has 212 valence electrons. The normalized spacial score (nSPS) is 15.0. The second-order valence-corrected chi connectivity index (χ2v) is 9.60. The van der Waals surface area contributed by atoms with Crippen LogP contribution in [0.1, 0.15) is 48.5 Å². The standard InChI is InChI=1S/C34H50BNO3/c1-13-31(14-2)34(17-5)32(15-3)23-25-37-24-22-28(10)18-20-30(12)36-33(16-4)21-19-29(11)35(38-26(6)7)39-27(8)9/h13-23,25-27,32,34,36H,1,3-5,12,24H2,2,6-11H3/b20-18-,25-23+,28-22-,29-19+,31-14+,33-21+/t32-,34?/m1/s1. The molecule has 0 spiro atoms. The Bertz CT molecular complexity index is 982. The topological polar surface area (TPSA) is 39.7 Å². The summed E-state index contributed by atoms with van der Waals surface area (Å²) in [4.78, 5) is 0. The van der Waals surface area contributed by atoms with Crippen molar-refractivity contribution in [1.29, 1.82) is 0 Å². The van der Waals surface area contributed by atoms with Crippen LogP contribution in [-0.2, 0) is 14.0 Å². The smallest absolute Gasteiger partial charge is 0.489 e. The highest BCUT2D eigenvalue weighted by Gasteiger charge is 2.23. The van der Waals surface area contributed by atoms with Gasteiger partial charge in [0.15, 0.2) is 0 Å². The lowest BCUT2D eigenvalue weighted by molar-refractivity contribution is 0.136. The molecule has 0 amide bonds. The predicted octanol–water partition coefficient (Wildman–Crippen LogP) is 8.75. The van der Waals surface area contributed by atoms with Crippen molar-refractivity contribution in [3.63, 3.8) is 0 Å². The summed E-state index contributed by atoms with van der Waals surface area (Å²) in [6.45, 7) is 34.2. The van der Waals surface area contributed by atoms with Gasteiger partial charge in [-0.2, -0.15) is 0 Å². The Morgan fingerprint density at radius 1 is 0.897 bits per heavy atom. The van der Waals surface area contributed by atoms with Crippen LogP contribution in [-0.4, -0.2) is 25.9 Å². The molecular weight excluding hydrogens is 481 g/mol. The van der Waals surface area contributed by atoms with Gasteiger partial charge in [-0.05, 0) is 89.9 Å². The molecule has 1 N–H and O–H groups in total. The summed E-state index contributed by atoms with van der Waals surface area (Å²) < 4.78 is 17.5. The van der Waals surface area contributed by atoms with Crippen LogP contribution in [0.4, 0.5) is 0 Å². The van der Waals surface area contributed by atoms with E-state index in [0.717, 1.165) is 28.0 Å². The molecule has 0 rings (SSSR count). The molecule has 0 saturated heterocycles. The summed E-state index contributed by atoms with van der Waals surface area (Å²) >= 11 is 0. The maximum absolute atomic E-state index is 5.90. The predicted molar refractivity (Wildman–Crippen MR) is 172 cm³/mol. The maximum Gasteiger partial charge on any atom is 0.489 e. The SMILES string of the molecule is C=C/C(=C\C=C(/C)B(OC(C)C)OC(C)C)NC(=C)/C=C\C(C)=C/CO/C=C/[C@@H](C=C)C(C=C)/C(C=C)=C/C. The molecule has 0 aromatic rings. The van der Waals surface area contributed by atoms with Gasteiger partial charge in [-0.15, -0.1) is 13.2 Å². The van der Waals surface area contributed by atoms with Crippen molar-refractivity contribution in [2.24, 2.45) is 11.8 Å². The molecule has 0 fully saturated rings. The monoisotopic (exact) mass is 531 g/mol. The fourth-order valence-corrected chi connectivity index (χ4v) is 3.42. The van der Waals surface area contributed by atoms with Crippen LogP contribution in [0.15, 0.2) is 134 Å². The zero-order valence-electron chi connectivity index (χ0n) is 25.3. The first-order valence-corrected chi connectivity index (χ1v) is 13.5. The fraction of sp³-hybridized carbons (Fsp3) is 0.353. The first kappa shape index (κ1) is 35.7. The Labute approximate surface area is 239 Å². The van der Waals surface area contributed by atoms with Crippen molar-refractivity contribution < 1.29 is 14.0 Å². The van der Waals surface area contributed by atoms with Crippen LogP contribution in [0.3, 0.4) is 0 Å². The summed E-state index contributed by atoms with van der Waals surface area (Å²) in [5, 5.41) is 3.26. The molecule has 0 aliphatic heterocycles. The van der Waals surface area contributed by atoms with Crippen LogP contribution in [0.2, 0.25) is 0 Å². The molecule has 0 saturated carbocycles. The molecule has 0 aromatic carbocycles. The zero-order chi connectivity index (χ0) is 29.8. The molecule has 0 aliphatic carbocycles. The van der Waals surface area contributed by atoms with E-state index in [1.54, 1.807) is 12.3 Å². The van der Waals surface area contributed by atoms with E-state index in [0.29, 0.717) is 6.61 Å². The molecule has 2 atom stereocenters. The third kappa shape index (κ3) is 15.7. The molecule has 39 heavy (non-hydrogen) atoms. The maximum atomic E-state index is 5.90. The van der Waals surface area contributed by atoms with E-state index in [2.05, 4.69) is 38.2 Å². The zero-order valence-corrected chi connectivity index (χ0v) is 25.3. The van der Waals surface area contributed by atoms with Crippen molar-refractivity contribution in [3.05, 3.63) is 134 Å². The lowest BCUT2D eigenvalue weighted by Gasteiger charge is -2.20. The van der Waals surface area contributed by atoms with Crippen molar-refractivity contribution in [2.75, 3.05) is 6.61 Å². The largest absolute Gasteiger partial charge is 0.497 e. The summed E-state index contributed by atoms with van der Waals surface area (Å²) in [6, 6.07) is 0. The van der Waals surface area contributed by atoms with Crippen molar-refractivity contribution >= 4 is 7.12 Å². The van der Waals surface area contributed by atoms with Crippen molar-refractivity contribution in [3.8, 4) is 0 Å². The summed E-state index contributed by atoms with van der Waals surface area (Å²) in [5.74, 6) is 0.189. The molecule has 4 nitrogen and oxygen atoms in total. The second kappa shape index (κ2) is 20.7. The van der Waals surface area contributed by atoms with E-state index in [-0.39, 0.29) is 24.0 Å². The van der Waals surface area contributed by atoms with Gasteiger partial charge in [-0.1, -0.05) is 61.8 Å². The molecule has 5 heteroatoms. The van der Waals surface area contributed by atoms with Gasteiger partial charge in [0.25, 0.3) is 0 Å². The minimum Gasteiger partial charge on any atom is -0.497 e. The van der Waals surface area contributed by atoms with Crippen LogP contribution in [0.25, 0.3) is 0 Å². The Balaban J connectivity index is 5.06. The number of allylic oxidation sites excluding steroid dienone is 13. The number of nitrogens with one attached hydrogen (secondary N) is 1. The van der Waals surface area contributed by atoms with Gasteiger partial charge in [0.05, 0.1) is 6.26 Å². The summed E-state index contributed by atoms with van der Waals surface area (Å²) in [5.41, 5.74) is 4.69. The van der Waals surface area contributed by atoms with Gasteiger partial charge in [0.1, 0.15) is 6.61 Å². The number of rotatable bonds is 20. The van der Waals surface area contributed by atoms with Crippen LogP contribution < -0.4 is 5.32 Å². The van der Waals surface area contributed by atoms with E-state index in [4.69, 9.17) is 14.0 Å². The van der Waals surface area contributed by atoms with Crippen molar-refractivity contribution in [2.45, 2.75) is 60.7 Å². The van der Waals surface area contributed by atoms with Crippen LogP contribution in [0, 0.1) is 11.8 Å². The van der Waals surface area contributed by atoms with Gasteiger partial charge in [-0.3, -0.25) is 0 Å². The number of ether oxygens (including phenoxy) is 1. The third-order valence-electron chi connectivity index (χ3n) is 5.55. The average Bonchev–Trinajstić information content (AvgIpc) is 2.89. The fourth-order valence-electron chi connectivity index (χ4n) is 3.42. The lowest BCUT2D eigenvalue weighted by Crippen LogP contribution is -2.31. The Morgan fingerprint density at radius 3 is 2.03 bits per heavy atom. The minimum absolute atomic E-state index is 0.0585. The van der Waals surface area contributed by atoms with Gasteiger partial charge >= 0.3 is 7.12 Å². The summed E-state index contributed by atoms with van der Waals surface area (Å²) in [7, 11) is -0.399. The first-order valence-electron chi connectivity index (χ1n) is 13.5. The highest BCUT2D eigenvalue weighted by molar-refractivity contribution is 6.53. The first-order chi connectivity index (χ1) is 18.5. The van der Waals surface area contributed by atoms with Crippen LogP contribution >= 0.6 is 0 Å². The number of hydrogen-bond acceptors (Lipinski definition) is 4. The van der Waals surface area contributed by atoms with E-state index in [9.17, 15) is 0 Å². The van der Waals surface area contributed by atoms with E-state index in [1.165, 1.54) is 0 Å². The lowest BCUT2D eigenvalue weighted by atomic mass is 9.78. The Morgan fingerprint density at radius 2 is 1.54 bits per heavy atom. The quantitative estimate of drug-likeness (QED) is 0.0561. The molecular formula is C34H50BNO3. The van der Waals surface area contributed by atoms with Gasteiger partial charge in [0.2, 0.25) is 0 Å². The molecule has 0 bridgehead atoms. The summed E-state index contributed by atoms with van der Waals surface area (Å²) in [6.07, 6.45) is 23.1. The molecule has 0 aliphatic rings. The molecule has 0 radical (unpaired) electrons. The highest BCUT2D eigenvalue weighted by atomic mass is 16.6.